The van der Waals surface area contributed by atoms with Gasteiger partial charge in [-0.1, -0.05) is 23.2 Å². The lowest BCUT2D eigenvalue weighted by Crippen LogP contribution is -2.34. The molecule has 0 fully saturated rings. The van der Waals surface area contributed by atoms with E-state index in [0.29, 0.717) is 12.1 Å². The lowest BCUT2D eigenvalue weighted by Gasteiger charge is -2.12. The van der Waals surface area contributed by atoms with Crippen LogP contribution in [0.1, 0.15) is 12.0 Å². The highest BCUT2D eigenvalue weighted by atomic mass is 35.5. The van der Waals surface area contributed by atoms with E-state index in [2.05, 4.69) is 10.2 Å². The quantitative estimate of drug-likeness (QED) is 0.800. The van der Waals surface area contributed by atoms with Gasteiger partial charge in [0, 0.05) is 0 Å². The third-order valence-corrected chi connectivity index (χ3v) is 3.11. The van der Waals surface area contributed by atoms with Gasteiger partial charge in [-0.3, -0.25) is 0 Å². The molecule has 1 aromatic carbocycles. The van der Waals surface area contributed by atoms with Crippen LogP contribution in [0, 0.1) is 22.7 Å². The number of aliphatic carboxylic acids is 1. The Kier molecular flexibility index (Phi) is 5.54. The van der Waals surface area contributed by atoms with Gasteiger partial charge in [0.25, 0.3) is 5.54 Å². The van der Waals surface area contributed by atoms with Gasteiger partial charge in [0.05, 0.1) is 28.1 Å². The molecular formula is C12H5Cl2F3N4O2. The maximum Gasteiger partial charge on any atom is 0.416 e. The third kappa shape index (κ3) is 4.09. The third-order valence-electron chi connectivity index (χ3n) is 2.54. The van der Waals surface area contributed by atoms with Gasteiger partial charge >= 0.3 is 12.1 Å². The van der Waals surface area contributed by atoms with Crippen LogP contribution in [-0.4, -0.2) is 16.6 Å². The first kappa shape index (κ1) is 18.7. The molecule has 0 saturated carbocycles. The monoisotopic (exact) mass is 364 g/mol. The fraction of sp³-hybridized carbons (Fsp3) is 0.250. The first-order valence-corrected chi connectivity index (χ1v) is 6.33. The van der Waals surface area contributed by atoms with Crippen molar-refractivity contribution in [3.05, 3.63) is 27.7 Å². The summed E-state index contributed by atoms with van der Waals surface area (Å²) in [6.45, 7) is 0. The van der Waals surface area contributed by atoms with Gasteiger partial charge in [-0.25, -0.2) is 4.79 Å². The molecule has 120 valence electrons. The summed E-state index contributed by atoms with van der Waals surface area (Å²) in [5.74, 6) is -1.75. The molecule has 0 saturated heterocycles. The Bertz CT molecular complexity index is 729. The van der Waals surface area contributed by atoms with E-state index in [-0.39, 0.29) is 0 Å². The number of carbonyl (C=O) groups is 1. The predicted octanol–water partition coefficient (Wildman–Crippen LogP) is 4.36. The number of hydrogen-bond acceptors (Lipinski definition) is 5. The molecule has 0 aliphatic carbocycles. The minimum Gasteiger partial charge on any atom is -0.479 e. The molecule has 1 N–H and O–H groups in total. The van der Waals surface area contributed by atoms with Crippen LogP contribution in [0.3, 0.4) is 0 Å². The highest BCUT2D eigenvalue weighted by Gasteiger charge is 2.40. The van der Waals surface area contributed by atoms with Crippen LogP contribution < -0.4 is 0 Å². The Morgan fingerprint density at radius 1 is 1.26 bits per heavy atom. The van der Waals surface area contributed by atoms with Crippen LogP contribution >= 0.6 is 23.2 Å². The van der Waals surface area contributed by atoms with Crippen LogP contribution in [0.5, 0.6) is 0 Å². The molecule has 0 spiro atoms. The second-order valence-electron chi connectivity index (χ2n) is 4.10. The van der Waals surface area contributed by atoms with Crippen LogP contribution in [-0.2, 0) is 11.0 Å². The molecule has 1 atom stereocenters. The highest BCUT2D eigenvalue weighted by molar-refractivity contribution is 6.38. The van der Waals surface area contributed by atoms with Crippen molar-refractivity contribution in [2.24, 2.45) is 10.2 Å². The maximum atomic E-state index is 12.6. The first-order chi connectivity index (χ1) is 10.6. The van der Waals surface area contributed by atoms with E-state index in [4.69, 9.17) is 38.8 Å². The lowest BCUT2D eigenvalue weighted by atomic mass is 10.00. The van der Waals surface area contributed by atoms with Crippen molar-refractivity contribution < 1.29 is 23.1 Å². The fourth-order valence-electron chi connectivity index (χ4n) is 1.34. The van der Waals surface area contributed by atoms with Crippen molar-refractivity contribution in [3.63, 3.8) is 0 Å². The van der Waals surface area contributed by atoms with Crippen LogP contribution in [0.4, 0.5) is 18.9 Å². The maximum absolute atomic E-state index is 12.6. The Morgan fingerprint density at radius 3 is 2.13 bits per heavy atom. The zero-order chi connectivity index (χ0) is 17.8. The summed E-state index contributed by atoms with van der Waals surface area (Å²) >= 11 is 11.3. The summed E-state index contributed by atoms with van der Waals surface area (Å²) in [6, 6.07) is 3.83. The average molecular weight is 365 g/mol. The Labute approximate surface area is 137 Å². The summed E-state index contributed by atoms with van der Waals surface area (Å²) < 4.78 is 37.8. The zero-order valence-corrected chi connectivity index (χ0v) is 12.4. The molecule has 1 aromatic rings. The van der Waals surface area contributed by atoms with E-state index in [1.165, 1.54) is 12.1 Å². The number of nitrogens with zero attached hydrogens (tertiary/aromatic N) is 4. The van der Waals surface area contributed by atoms with Crippen LogP contribution in [0.25, 0.3) is 0 Å². The number of alkyl halides is 3. The van der Waals surface area contributed by atoms with Gasteiger partial charge in [0.15, 0.2) is 0 Å². The van der Waals surface area contributed by atoms with E-state index in [0.717, 1.165) is 0 Å². The molecule has 0 aromatic heterocycles. The van der Waals surface area contributed by atoms with Crippen molar-refractivity contribution in [2.45, 2.75) is 18.1 Å². The number of carboxylic acids is 1. The van der Waals surface area contributed by atoms with Crippen molar-refractivity contribution in [2.75, 3.05) is 0 Å². The molecule has 0 bridgehead atoms. The second kappa shape index (κ2) is 6.82. The highest BCUT2D eigenvalue weighted by Crippen LogP contribution is 2.40. The molecule has 0 heterocycles. The molecule has 11 heteroatoms. The molecule has 0 aliphatic heterocycles. The van der Waals surface area contributed by atoms with Crippen molar-refractivity contribution in [3.8, 4) is 12.1 Å². The van der Waals surface area contributed by atoms with Crippen molar-refractivity contribution in [1.82, 2.24) is 0 Å². The summed E-state index contributed by atoms with van der Waals surface area (Å²) in [5, 5.41) is 32.0. The standard InChI is InChI=1S/C12H5Cl2F3N4O2/c13-7-3-6(12(15,16)17)4-8(14)9(7)20-21-11(5-19,1-2-18)10(22)23/h3-4H,1H2,(H,22,23)/b21-20+. The Morgan fingerprint density at radius 2 is 1.78 bits per heavy atom. The van der Waals surface area contributed by atoms with Crippen molar-refractivity contribution in [1.29, 1.82) is 10.5 Å². The van der Waals surface area contributed by atoms with Gasteiger partial charge in [-0.15, -0.1) is 0 Å². The van der Waals surface area contributed by atoms with Crippen LogP contribution in [0.15, 0.2) is 22.4 Å². The van der Waals surface area contributed by atoms with E-state index >= 15 is 0 Å². The normalized spacial score (nSPS) is 14.0. The minimum absolute atomic E-state index is 0.444. The van der Waals surface area contributed by atoms with Gasteiger partial charge in [0.1, 0.15) is 11.8 Å². The number of carboxylic acid groups (broad SMARTS) is 1. The number of benzene rings is 1. The minimum atomic E-state index is -4.69. The summed E-state index contributed by atoms with van der Waals surface area (Å²) in [5.41, 5.74) is -4.09. The number of halogens is 5. The molecule has 0 radical (unpaired) electrons. The van der Waals surface area contributed by atoms with E-state index in [1.807, 2.05) is 0 Å². The van der Waals surface area contributed by atoms with Crippen molar-refractivity contribution >= 4 is 34.9 Å². The number of rotatable bonds is 4. The fourth-order valence-corrected chi connectivity index (χ4v) is 1.90. The first-order valence-electron chi connectivity index (χ1n) is 5.58. The largest absolute Gasteiger partial charge is 0.479 e. The van der Waals surface area contributed by atoms with Gasteiger partial charge in [-0.05, 0) is 12.1 Å². The second-order valence-corrected chi connectivity index (χ2v) is 4.91. The number of azo groups is 1. The van der Waals surface area contributed by atoms with E-state index in [9.17, 15) is 18.0 Å². The van der Waals surface area contributed by atoms with Gasteiger partial charge < -0.3 is 5.11 Å². The van der Waals surface area contributed by atoms with E-state index in [1.54, 1.807) is 0 Å². The molecule has 0 amide bonds. The molecule has 23 heavy (non-hydrogen) atoms. The topological polar surface area (TPSA) is 110 Å². The molecular weight excluding hydrogens is 360 g/mol. The number of nitriles is 2. The van der Waals surface area contributed by atoms with E-state index < -0.39 is 45.4 Å². The molecule has 1 unspecified atom stereocenters. The predicted molar refractivity (Wildman–Crippen MR) is 72.2 cm³/mol. The van der Waals surface area contributed by atoms with Gasteiger partial charge in [0.2, 0.25) is 0 Å². The average Bonchev–Trinajstić information content (AvgIpc) is 2.43. The molecule has 1 rings (SSSR count). The lowest BCUT2D eigenvalue weighted by molar-refractivity contribution is -0.141. The Balaban J connectivity index is 3.37. The summed E-state index contributed by atoms with van der Waals surface area (Å²) in [4.78, 5) is 11.1. The van der Waals surface area contributed by atoms with Crippen LogP contribution in [0.2, 0.25) is 10.0 Å². The SMILES string of the molecule is N#CCC(C#N)(/N=N/c1c(Cl)cc(C(F)(F)F)cc1Cl)C(=O)O. The van der Waals surface area contributed by atoms with Gasteiger partial charge in [-0.2, -0.15) is 33.9 Å². The number of hydrogen-bond donors (Lipinski definition) is 1. The Hall–Kier alpha value is -2.36. The molecule has 0 aliphatic rings. The smallest absolute Gasteiger partial charge is 0.416 e. The summed E-state index contributed by atoms with van der Waals surface area (Å²) in [7, 11) is 0. The zero-order valence-electron chi connectivity index (χ0n) is 10.9. The summed E-state index contributed by atoms with van der Waals surface area (Å²) in [6.07, 6.45) is -5.51. The molecule has 6 nitrogen and oxygen atoms in total.